The van der Waals surface area contributed by atoms with Gasteiger partial charge >= 0.3 is 0 Å². The number of rotatable bonds is 3. The Kier molecular flexibility index (Phi) is 4.15. The number of anilines is 1. The van der Waals surface area contributed by atoms with Crippen LogP contribution in [0.15, 0.2) is 24.3 Å². The number of hydrogen-bond donors (Lipinski definition) is 1. The van der Waals surface area contributed by atoms with Crippen LogP contribution in [0.5, 0.6) is 0 Å². The Bertz CT molecular complexity index is 568. The Morgan fingerprint density at radius 2 is 2.00 bits per heavy atom. The lowest BCUT2D eigenvalue weighted by atomic mass is 10.1. The molecule has 2 aromatic rings. The van der Waals surface area contributed by atoms with Gasteiger partial charge in [0.1, 0.15) is 5.82 Å². The molecule has 1 N–H and O–H groups in total. The van der Waals surface area contributed by atoms with Gasteiger partial charge < -0.3 is 5.32 Å². The van der Waals surface area contributed by atoms with E-state index in [1.165, 1.54) is 23.5 Å². The lowest BCUT2D eigenvalue weighted by molar-refractivity contribution is 0.627. The molecule has 0 saturated heterocycles. The zero-order valence-corrected chi connectivity index (χ0v) is 12.3. The maximum atomic E-state index is 13.2. The smallest absolute Gasteiger partial charge is 0.125 e. The molecule has 5 heteroatoms. The molecule has 2 rings (SSSR count). The van der Waals surface area contributed by atoms with Crippen LogP contribution in [-0.2, 0) is 0 Å². The van der Waals surface area contributed by atoms with Gasteiger partial charge in [-0.2, -0.15) is 0 Å². The van der Waals surface area contributed by atoms with E-state index in [0.717, 1.165) is 16.8 Å². The lowest BCUT2D eigenvalue weighted by Gasteiger charge is -2.16. The highest BCUT2D eigenvalue weighted by molar-refractivity contribution is 7.20. The van der Waals surface area contributed by atoms with Gasteiger partial charge in [-0.15, -0.1) is 11.3 Å². The summed E-state index contributed by atoms with van der Waals surface area (Å²) in [6, 6.07) is 6.47. The van der Waals surface area contributed by atoms with Crippen LogP contribution in [-0.4, -0.2) is 0 Å². The molecule has 0 saturated carbocycles. The zero-order valence-electron chi connectivity index (χ0n) is 9.93. The molecule has 0 fully saturated rings. The van der Waals surface area contributed by atoms with Crippen molar-refractivity contribution in [2.24, 2.45) is 0 Å². The van der Waals surface area contributed by atoms with Gasteiger partial charge in [0.15, 0.2) is 0 Å². The van der Waals surface area contributed by atoms with E-state index in [9.17, 15) is 4.39 Å². The monoisotopic (exact) mass is 303 g/mol. The highest BCUT2D eigenvalue weighted by Crippen LogP contribution is 2.36. The summed E-state index contributed by atoms with van der Waals surface area (Å²) in [7, 11) is 0. The zero-order chi connectivity index (χ0) is 13.3. The maximum Gasteiger partial charge on any atom is 0.125 e. The van der Waals surface area contributed by atoms with E-state index in [1.807, 2.05) is 19.9 Å². The second kappa shape index (κ2) is 5.47. The molecule has 1 aromatic heterocycles. The molecule has 1 nitrogen and oxygen atoms in total. The van der Waals surface area contributed by atoms with Gasteiger partial charge in [-0.05, 0) is 37.6 Å². The fraction of sp³-hybridized carbons (Fsp3) is 0.231. The summed E-state index contributed by atoms with van der Waals surface area (Å²) in [5.74, 6) is -0.259. The van der Waals surface area contributed by atoms with Crippen molar-refractivity contribution in [3.8, 4) is 0 Å². The summed E-state index contributed by atoms with van der Waals surface area (Å²) in [6.07, 6.45) is 0. The van der Waals surface area contributed by atoms with Crippen molar-refractivity contribution in [1.82, 2.24) is 0 Å². The van der Waals surface area contributed by atoms with Crippen molar-refractivity contribution in [2.75, 3.05) is 5.32 Å². The SMILES string of the molecule is Cc1ccc(F)cc1NC(C)c1cc(Cl)sc1Cl. The number of benzene rings is 1. The molecule has 96 valence electrons. The second-order valence-electron chi connectivity index (χ2n) is 4.10. The Labute approximate surface area is 120 Å². The molecule has 18 heavy (non-hydrogen) atoms. The molecule has 1 aromatic carbocycles. The van der Waals surface area contributed by atoms with Crippen LogP contribution in [0.3, 0.4) is 0 Å². The van der Waals surface area contributed by atoms with Crippen molar-refractivity contribution in [1.29, 1.82) is 0 Å². The van der Waals surface area contributed by atoms with E-state index in [1.54, 1.807) is 6.07 Å². The third-order valence-corrected chi connectivity index (χ3v) is 4.24. The minimum absolute atomic E-state index is 0.0262. The molecule has 0 aliphatic rings. The maximum absolute atomic E-state index is 13.2. The number of hydrogen-bond acceptors (Lipinski definition) is 2. The van der Waals surface area contributed by atoms with E-state index in [2.05, 4.69) is 5.32 Å². The fourth-order valence-electron chi connectivity index (χ4n) is 1.71. The molecule has 0 bridgehead atoms. The summed E-state index contributed by atoms with van der Waals surface area (Å²) in [4.78, 5) is 0. The molecular formula is C13H12Cl2FNS. The minimum atomic E-state index is -0.259. The molecule has 1 heterocycles. The molecule has 0 radical (unpaired) electrons. The highest BCUT2D eigenvalue weighted by atomic mass is 35.5. The third kappa shape index (κ3) is 2.97. The van der Waals surface area contributed by atoms with Crippen molar-refractivity contribution in [3.05, 3.63) is 49.9 Å². The number of nitrogens with one attached hydrogen (secondary N) is 1. The topological polar surface area (TPSA) is 12.0 Å². The molecule has 1 atom stereocenters. The molecular weight excluding hydrogens is 292 g/mol. The molecule has 0 spiro atoms. The first-order chi connectivity index (χ1) is 8.47. The van der Waals surface area contributed by atoms with Crippen LogP contribution in [0.25, 0.3) is 0 Å². The van der Waals surface area contributed by atoms with Gasteiger partial charge in [0.05, 0.1) is 14.7 Å². The first kappa shape index (κ1) is 13.7. The van der Waals surface area contributed by atoms with Gasteiger partial charge in [0, 0.05) is 11.3 Å². The van der Waals surface area contributed by atoms with Crippen molar-refractivity contribution in [3.63, 3.8) is 0 Å². The standard InChI is InChI=1S/C13H12Cl2FNS/c1-7-3-4-9(16)5-11(7)17-8(2)10-6-12(14)18-13(10)15/h3-6,8,17H,1-2H3. The largest absolute Gasteiger partial charge is 0.378 e. The Balaban J connectivity index is 2.23. The van der Waals surface area contributed by atoms with E-state index >= 15 is 0 Å². The van der Waals surface area contributed by atoms with E-state index in [0.29, 0.717) is 8.67 Å². The molecule has 0 aliphatic carbocycles. The first-order valence-corrected chi connectivity index (χ1v) is 7.02. The van der Waals surface area contributed by atoms with Crippen LogP contribution in [0.4, 0.5) is 10.1 Å². The van der Waals surface area contributed by atoms with Gasteiger partial charge in [-0.1, -0.05) is 29.3 Å². The van der Waals surface area contributed by atoms with Crippen molar-refractivity contribution >= 4 is 40.2 Å². The third-order valence-electron chi connectivity index (χ3n) is 2.72. The number of halogens is 3. The van der Waals surface area contributed by atoms with Crippen molar-refractivity contribution in [2.45, 2.75) is 19.9 Å². The van der Waals surface area contributed by atoms with E-state index in [-0.39, 0.29) is 11.9 Å². The van der Waals surface area contributed by atoms with Crippen LogP contribution in [0, 0.1) is 12.7 Å². The van der Waals surface area contributed by atoms with Gasteiger partial charge in [0.2, 0.25) is 0 Å². The molecule has 0 aliphatic heterocycles. The highest BCUT2D eigenvalue weighted by Gasteiger charge is 2.14. The predicted octanol–water partition coefficient (Wildman–Crippen LogP) is 5.68. The summed E-state index contributed by atoms with van der Waals surface area (Å²) >= 11 is 13.3. The Morgan fingerprint density at radius 3 is 2.61 bits per heavy atom. The van der Waals surface area contributed by atoms with Crippen LogP contribution < -0.4 is 5.32 Å². The van der Waals surface area contributed by atoms with E-state index in [4.69, 9.17) is 23.2 Å². The van der Waals surface area contributed by atoms with Gasteiger partial charge in [0.25, 0.3) is 0 Å². The first-order valence-electron chi connectivity index (χ1n) is 5.45. The number of aryl methyl sites for hydroxylation is 1. The Morgan fingerprint density at radius 1 is 1.28 bits per heavy atom. The average molecular weight is 304 g/mol. The summed E-state index contributed by atoms with van der Waals surface area (Å²) < 4.78 is 14.5. The summed E-state index contributed by atoms with van der Waals surface area (Å²) in [5, 5.41) is 3.25. The quantitative estimate of drug-likeness (QED) is 0.769. The second-order valence-corrected chi connectivity index (χ2v) is 6.39. The molecule has 0 amide bonds. The minimum Gasteiger partial charge on any atom is -0.378 e. The van der Waals surface area contributed by atoms with Crippen LogP contribution in [0.2, 0.25) is 8.67 Å². The van der Waals surface area contributed by atoms with Crippen LogP contribution >= 0.6 is 34.5 Å². The molecule has 1 unspecified atom stereocenters. The predicted molar refractivity (Wildman–Crippen MR) is 77.5 cm³/mol. The normalized spacial score (nSPS) is 12.5. The van der Waals surface area contributed by atoms with Crippen molar-refractivity contribution < 1.29 is 4.39 Å². The summed E-state index contributed by atoms with van der Waals surface area (Å²) in [5.41, 5.74) is 2.68. The van der Waals surface area contributed by atoms with E-state index < -0.39 is 0 Å². The average Bonchev–Trinajstić information content (AvgIpc) is 2.63. The Hall–Kier alpha value is -0.770. The summed E-state index contributed by atoms with van der Waals surface area (Å²) in [6.45, 7) is 3.89. The number of thiophene rings is 1. The van der Waals surface area contributed by atoms with Gasteiger partial charge in [-0.25, -0.2) is 4.39 Å². The lowest BCUT2D eigenvalue weighted by Crippen LogP contribution is -2.07. The van der Waals surface area contributed by atoms with Gasteiger partial charge in [-0.3, -0.25) is 0 Å². The fourth-order valence-corrected chi connectivity index (χ4v) is 3.35. The van der Waals surface area contributed by atoms with Crippen LogP contribution in [0.1, 0.15) is 24.1 Å².